The zero-order chi connectivity index (χ0) is 13.5. The van der Waals surface area contributed by atoms with Crippen LogP contribution in [-0.4, -0.2) is 19.4 Å². The zero-order valence-corrected chi connectivity index (χ0v) is 12.0. The Morgan fingerprint density at radius 2 is 1.80 bits per heavy atom. The summed E-state index contributed by atoms with van der Waals surface area (Å²) in [7, 11) is 0. The second kappa shape index (κ2) is 5.09. The lowest BCUT2D eigenvalue weighted by Gasteiger charge is -2.21. The van der Waals surface area contributed by atoms with Gasteiger partial charge in [0, 0.05) is 5.92 Å². The Kier molecular flexibility index (Phi) is 3.24. The van der Waals surface area contributed by atoms with E-state index in [1.54, 1.807) is 0 Å². The molecule has 0 amide bonds. The van der Waals surface area contributed by atoms with Crippen LogP contribution in [0.2, 0.25) is 0 Å². The molecule has 4 rings (SSSR count). The van der Waals surface area contributed by atoms with Crippen molar-refractivity contribution in [1.29, 1.82) is 0 Å². The summed E-state index contributed by atoms with van der Waals surface area (Å²) in [4.78, 5) is 11.7. The maximum atomic E-state index is 11.7. The Morgan fingerprint density at radius 1 is 0.950 bits per heavy atom. The molecule has 0 heterocycles. The SMILES string of the molecule is O=C(OCC1CC2C=CC1C2)OCC1CC2CCC1C2. The molecule has 3 fully saturated rings. The summed E-state index contributed by atoms with van der Waals surface area (Å²) < 4.78 is 10.7. The number of carbonyl (C=O) groups is 1. The number of hydrogen-bond donors (Lipinski definition) is 0. The van der Waals surface area contributed by atoms with Gasteiger partial charge in [-0.15, -0.1) is 0 Å². The monoisotopic (exact) mass is 276 g/mol. The van der Waals surface area contributed by atoms with E-state index in [2.05, 4.69) is 12.2 Å². The summed E-state index contributed by atoms with van der Waals surface area (Å²) in [6.45, 7) is 1.12. The molecule has 3 nitrogen and oxygen atoms in total. The van der Waals surface area contributed by atoms with E-state index in [4.69, 9.17) is 9.47 Å². The van der Waals surface area contributed by atoms with Gasteiger partial charge in [0.2, 0.25) is 0 Å². The molecule has 6 unspecified atom stereocenters. The van der Waals surface area contributed by atoms with Crippen LogP contribution in [0.5, 0.6) is 0 Å². The summed E-state index contributed by atoms with van der Waals surface area (Å²) in [5, 5.41) is 0. The molecule has 0 saturated heterocycles. The minimum Gasteiger partial charge on any atom is -0.434 e. The number of carbonyl (C=O) groups excluding carboxylic acids is 1. The number of allylic oxidation sites excluding steroid dienone is 2. The van der Waals surface area contributed by atoms with Crippen LogP contribution in [0.15, 0.2) is 12.2 Å². The fraction of sp³-hybridized carbons (Fsp3) is 0.824. The van der Waals surface area contributed by atoms with E-state index in [1.165, 1.54) is 38.5 Å². The predicted octanol–water partition coefficient (Wildman–Crippen LogP) is 3.79. The van der Waals surface area contributed by atoms with E-state index < -0.39 is 6.16 Å². The lowest BCUT2D eigenvalue weighted by atomic mass is 9.90. The number of ether oxygens (including phenoxy) is 2. The quantitative estimate of drug-likeness (QED) is 0.579. The first kappa shape index (κ1) is 12.7. The predicted molar refractivity (Wildman–Crippen MR) is 75.1 cm³/mol. The second-order valence-electron chi connectivity index (χ2n) is 7.35. The second-order valence-corrected chi connectivity index (χ2v) is 7.35. The number of fused-ring (bicyclic) bond motifs is 4. The third-order valence-corrected chi connectivity index (χ3v) is 6.13. The Hall–Kier alpha value is -0.990. The molecule has 0 spiro atoms. The molecule has 3 saturated carbocycles. The third-order valence-electron chi connectivity index (χ3n) is 6.13. The van der Waals surface area contributed by atoms with Crippen LogP contribution in [-0.2, 0) is 9.47 Å². The highest BCUT2D eigenvalue weighted by Gasteiger charge is 2.40. The van der Waals surface area contributed by atoms with E-state index in [1.807, 2.05) is 0 Å². The molecular formula is C17H24O3. The largest absolute Gasteiger partial charge is 0.508 e. The Balaban J connectivity index is 1.17. The molecular weight excluding hydrogens is 252 g/mol. The first-order valence-electron chi connectivity index (χ1n) is 8.26. The van der Waals surface area contributed by atoms with Gasteiger partial charge in [-0.2, -0.15) is 0 Å². The standard InChI is InChI=1S/C17H24O3/c18-17(19-9-15-7-11-1-3-13(15)5-11)20-10-16-8-12-2-4-14(16)6-12/h1,3,11-16H,2,4-10H2. The summed E-state index contributed by atoms with van der Waals surface area (Å²) in [6.07, 6.45) is 12.0. The van der Waals surface area contributed by atoms with Crippen LogP contribution >= 0.6 is 0 Å². The fourth-order valence-corrected chi connectivity index (χ4v) is 5.06. The number of hydrogen-bond acceptors (Lipinski definition) is 3. The lowest BCUT2D eigenvalue weighted by Crippen LogP contribution is -2.22. The van der Waals surface area contributed by atoms with Crippen molar-refractivity contribution in [2.45, 2.75) is 38.5 Å². The maximum Gasteiger partial charge on any atom is 0.508 e. The van der Waals surface area contributed by atoms with Crippen molar-refractivity contribution in [3.63, 3.8) is 0 Å². The molecule has 0 N–H and O–H groups in total. The molecule has 3 heteroatoms. The van der Waals surface area contributed by atoms with Crippen molar-refractivity contribution in [3.8, 4) is 0 Å². The van der Waals surface area contributed by atoms with E-state index in [-0.39, 0.29) is 0 Å². The van der Waals surface area contributed by atoms with Gasteiger partial charge in [-0.25, -0.2) is 4.79 Å². The van der Waals surface area contributed by atoms with Gasteiger partial charge < -0.3 is 9.47 Å². The highest BCUT2D eigenvalue weighted by molar-refractivity contribution is 5.59. The fourth-order valence-electron chi connectivity index (χ4n) is 5.06. The Bertz CT molecular complexity index is 416. The van der Waals surface area contributed by atoms with Gasteiger partial charge in [-0.05, 0) is 61.7 Å². The van der Waals surface area contributed by atoms with Crippen LogP contribution in [0, 0.1) is 35.5 Å². The summed E-state index contributed by atoms with van der Waals surface area (Å²) >= 11 is 0. The molecule has 4 bridgehead atoms. The highest BCUT2D eigenvalue weighted by atomic mass is 16.7. The van der Waals surface area contributed by atoms with Crippen LogP contribution in [0.4, 0.5) is 4.79 Å². The molecule has 0 aromatic carbocycles. The smallest absolute Gasteiger partial charge is 0.434 e. The minimum atomic E-state index is -0.445. The molecule has 0 aliphatic heterocycles. The van der Waals surface area contributed by atoms with Crippen molar-refractivity contribution in [2.24, 2.45) is 35.5 Å². The van der Waals surface area contributed by atoms with Crippen molar-refractivity contribution in [3.05, 3.63) is 12.2 Å². The van der Waals surface area contributed by atoms with Gasteiger partial charge >= 0.3 is 6.16 Å². The van der Waals surface area contributed by atoms with E-state index in [9.17, 15) is 4.79 Å². The maximum absolute atomic E-state index is 11.7. The molecule has 0 aromatic heterocycles. The average molecular weight is 276 g/mol. The topological polar surface area (TPSA) is 35.5 Å². The Morgan fingerprint density at radius 3 is 2.40 bits per heavy atom. The molecule has 0 aromatic rings. The normalized spacial score (nSPS) is 44.2. The summed E-state index contributed by atoms with van der Waals surface area (Å²) in [6, 6.07) is 0. The molecule has 6 atom stereocenters. The van der Waals surface area contributed by atoms with Crippen molar-refractivity contribution in [2.75, 3.05) is 13.2 Å². The zero-order valence-electron chi connectivity index (χ0n) is 12.0. The highest BCUT2D eigenvalue weighted by Crippen LogP contribution is 2.48. The van der Waals surface area contributed by atoms with Gasteiger partial charge in [0.1, 0.15) is 0 Å². The third kappa shape index (κ3) is 2.36. The first-order valence-corrected chi connectivity index (χ1v) is 8.26. The molecule has 4 aliphatic rings. The lowest BCUT2D eigenvalue weighted by molar-refractivity contribution is 0.0262. The molecule has 0 radical (unpaired) electrons. The molecule has 110 valence electrons. The molecule has 20 heavy (non-hydrogen) atoms. The van der Waals surface area contributed by atoms with Gasteiger partial charge in [-0.1, -0.05) is 18.6 Å². The van der Waals surface area contributed by atoms with Gasteiger partial charge in [0.05, 0.1) is 13.2 Å². The van der Waals surface area contributed by atoms with Crippen LogP contribution in [0.3, 0.4) is 0 Å². The van der Waals surface area contributed by atoms with Gasteiger partial charge in [0.25, 0.3) is 0 Å². The average Bonchev–Trinajstić information content (AvgIpc) is 3.21. The van der Waals surface area contributed by atoms with Crippen molar-refractivity contribution >= 4 is 6.16 Å². The minimum absolute atomic E-state index is 0.445. The van der Waals surface area contributed by atoms with E-state index in [0.717, 1.165) is 17.8 Å². The summed E-state index contributed by atoms with van der Waals surface area (Å²) in [5.41, 5.74) is 0. The van der Waals surface area contributed by atoms with Crippen LogP contribution < -0.4 is 0 Å². The van der Waals surface area contributed by atoms with Crippen LogP contribution in [0.1, 0.15) is 38.5 Å². The Labute approximate surface area is 120 Å². The van der Waals surface area contributed by atoms with Crippen molar-refractivity contribution in [1.82, 2.24) is 0 Å². The van der Waals surface area contributed by atoms with Gasteiger partial charge in [0.15, 0.2) is 0 Å². The van der Waals surface area contributed by atoms with E-state index >= 15 is 0 Å². The first-order chi connectivity index (χ1) is 9.78. The number of rotatable bonds is 4. The van der Waals surface area contributed by atoms with Crippen LogP contribution in [0.25, 0.3) is 0 Å². The molecule has 4 aliphatic carbocycles. The van der Waals surface area contributed by atoms with E-state index in [0.29, 0.717) is 31.0 Å². The summed E-state index contributed by atoms with van der Waals surface area (Å²) in [5.74, 6) is 4.22. The van der Waals surface area contributed by atoms with Gasteiger partial charge in [-0.3, -0.25) is 0 Å². The van der Waals surface area contributed by atoms with Crippen molar-refractivity contribution < 1.29 is 14.3 Å².